The van der Waals surface area contributed by atoms with Gasteiger partial charge in [0.25, 0.3) is 5.91 Å². The molecule has 0 spiro atoms. The average Bonchev–Trinajstić information content (AvgIpc) is 2.45. The summed E-state index contributed by atoms with van der Waals surface area (Å²) in [6.45, 7) is 4.39. The van der Waals surface area contributed by atoms with Gasteiger partial charge in [-0.05, 0) is 37.6 Å². The van der Waals surface area contributed by atoms with E-state index in [1.165, 1.54) is 24.4 Å². The molecule has 2 aromatic rings. The van der Waals surface area contributed by atoms with E-state index >= 15 is 0 Å². The van der Waals surface area contributed by atoms with Crippen LogP contribution in [0.25, 0.3) is 0 Å². The number of carbonyl (C=O) groups excluding carboxylic acids is 1. The minimum absolute atomic E-state index is 0.310. The summed E-state index contributed by atoms with van der Waals surface area (Å²) < 4.78 is 13.2. The molecule has 1 heterocycles. The van der Waals surface area contributed by atoms with Gasteiger partial charge in [0, 0.05) is 18.4 Å². The van der Waals surface area contributed by atoms with Gasteiger partial charge in [0.1, 0.15) is 11.6 Å². The van der Waals surface area contributed by atoms with Gasteiger partial charge in [-0.3, -0.25) is 4.79 Å². The average molecular weight is 308 g/mol. The number of hydrogen-bond acceptors (Lipinski definition) is 3. The molecule has 0 saturated carbocycles. The van der Waals surface area contributed by atoms with Crippen LogP contribution in [0.5, 0.6) is 0 Å². The molecule has 0 radical (unpaired) electrons. The Morgan fingerprint density at radius 2 is 2.14 bits per heavy atom. The fourth-order valence-electron chi connectivity index (χ4n) is 1.78. The molecule has 0 unspecified atom stereocenters. The molecule has 1 aromatic heterocycles. The molecule has 0 atom stereocenters. The molecule has 0 aliphatic heterocycles. The van der Waals surface area contributed by atoms with Crippen LogP contribution >= 0.6 is 11.6 Å². The molecule has 1 amide bonds. The van der Waals surface area contributed by atoms with Crippen molar-refractivity contribution >= 4 is 29.0 Å². The number of carbonyl (C=O) groups is 1. The summed E-state index contributed by atoms with van der Waals surface area (Å²) in [6, 6.07) is 5.74. The third-order valence-corrected chi connectivity index (χ3v) is 3.18. The first-order chi connectivity index (χ1) is 10.0. The third kappa shape index (κ3) is 3.70. The lowest BCUT2D eigenvalue weighted by molar-refractivity contribution is 0.102. The predicted octanol–water partition coefficient (Wildman–Crippen LogP) is 3.87. The molecular weight excluding hydrogens is 293 g/mol. The van der Waals surface area contributed by atoms with Crippen molar-refractivity contribution in [3.63, 3.8) is 0 Å². The van der Waals surface area contributed by atoms with Crippen molar-refractivity contribution in [1.82, 2.24) is 4.98 Å². The number of aryl methyl sites for hydroxylation is 1. The van der Waals surface area contributed by atoms with Crippen LogP contribution in [-0.4, -0.2) is 17.4 Å². The molecular formula is C15H15ClFN3O. The van der Waals surface area contributed by atoms with Crippen LogP contribution in [0.2, 0.25) is 5.02 Å². The molecule has 6 heteroatoms. The van der Waals surface area contributed by atoms with Crippen molar-refractivity contribution in [2.45, 2.75) is 13.8 Å². The van der Waals surface area contributed by atoms with Crippen molar-refractivity contribution in [2.24, 2.45) is 0 Å². The van der Waals surface area contributed by atoms with Crippen LogP contribution in [0.1, 0.15) is 22.8 Å². The first-order valence-corrected chi connectivity index (χ1v) is 6.86. The highest BCUT2D eigenvalue weighted by atomic mass is 35.5. The lowest BCUT2D eigenvalue weighted by Crippen LogP contribution is -2.14. The van der Waals surface area contributed by atoms with Gasteiger partial charge in [-0.2, -0.15) is 0 Å². The Labute approximate surface area is 127 Å². The first kappa shape index (κ1) is 15.3. The fourth-order valence-corrected chi connectivity index (χ4v) is 2.02. The maximum Gasteiger partial charge on any atom is 0.257 e. The van der Waals surface area contributed by atoms with Gasteiger partial charge in [-0.1, -0.05) is 17.7 Å². The molecule has 0 bridgehead atoms. The number of aromatic nitrogens is 1. The summed E-state index contributed by atoms with van der Waals surface area (Å²) in [5.74, 6) is -0.270. The number of amides is 1. The van der Waals surface area contributed by atoms with Crippen molar-refractivity contribution in [3.8, 4) is 0 Å². The number of nitrogens with one attached hydrogen (secondary N) is 2. The summed E-state index contributed by atoms with van der Waals surface area (Å²) in [7, 11) is 0. The van der Waals surface area contributed by atoms with Crippen LogP contribution in [0.3, 0.4) is 0 Å². The molecule has 2 N–H and O–H groups in total. The molecule has 0 aliphatic rings. The predicted molar refractivity (Wildman–Crippen MR) is 82.5 cm³/mol. The smallest absolute Gasteiger partial charge is 0.257 e. The van der Waals surface area contributed by atoms with E-state index in [1.807, 2.05) is 6.92 Å². The second-order valence-electron chi connectivity index (χ2n) is 4.50. The molecule has 0 aliphatic carbocycles. The fraction of sp³-hybridized carbons (Fsp3) is 0.200. The van der Waals surface area contributed by atoms with Crippen LogP contribution in [0.15, 0.2) is 30.5 Å². The second kappa shape index (κ2) is 6.54. The Morgan fingerprint density at radius 1 is 1.38 bits per heavy atom. The lowest BCUT2D eigenvalue weighted by atomic mass is 10.2. The molecule has 0 fully saturated rings. The quantitative estimate of drug-likeness (QED) is 0.901. The zero-order valence-electron chi connectivity index (χ0n) is 11.7. The Morgan fingerprint density at radius 3 is 2.81 bits per heavy atom. The van der Waals surface area contributed by atoms with E-state index in [4.69, 9.17) is 11.6 Å². The summed E-state index contributed by atoms with van der Waals surface area (Å²) in [4.78, 5) is 16.2. The molecule has 4 nitrogen and oxygen atoms in total. The number of rotatable bonds is 4. The largest absolute Gasteiger partial charge is 0.369 e. The van der Waals surface area contributed by atoms with Crippen molar-refractivity contribution in [3.05, 3.63) is 52.4 Å². The lowest BCUT2D eigenvalue weighted by Gasteiger charge is -2.10. The van der Waals surface area contributed by atoms with Crippen LogP contribution < -0.4 is 10.6 Å². The van der Waals surface area contributed by atoms with E-state index in [0.717, 1.165) is 5.56 Å². The van der Waals surface area contributed by atoms with Gasteiger partial charge in [0.15, 0.2) is 0 Å². The molecule has 1 aromatic carbocycles. The molecule has 0 saturated heterocycles. The normalized spacial score (nSPS) is 10.3. The molecule has 110 valence electrons. The SMILES string of the molecule is CCNc1ncc(C(=O)Nc2cc(F)ccc2C)cc1Cl. The standard InChI is InChI=1S/C15H15ClFN3O/c1-3-18-14-12(16)6-10(8-19-14)15(21)20-13-7-11(17)5-4-9(13)2/h4-8H,3H2,1-2H3,(H,18,19)(H,20,21). The van der Waals surface area contributed by atoms with E-state index in [9.17, 15) is 9.18 Å². The van der Waals surface area contributed by atoms with Gasteiger partial charge in [0.2, 0.25) is 0 Å². The summed E-state index contributed by atoms with van der Waals surface area (Å²) >= 11 is 6.05. The van der Waals surface area contributed by atoms with Crippen LogP contribution in [0, 0.1) is 12.7 Å². The number of benzene rings is 1. The highest BCUT2D eigenvalue weighted by molar-refractivity contribution is 6.33. The summed E-state index contributed by atoms with van der Waals surface area (Å²) in [5, 5.41) is 5.99. The van der Waals surface area contributed by atoms with Crippen molar-refractivity contribution in [2.75, 3.05) is 17.2 Å². The van der Waals surface area contributed by atoms with E-state index < -0.39 is 5.82 Å². The van der Waals surface area contributed by atoms with E-state index in [-0.39, 0.29) is 5.91 Å². The van der Waals surface area contributed by atoms with Gasteiger partial charge in [-0.25, -0.2) is 9.37 Å². The van der Waals surface area contributed by atoms with E-state index in [2.05, 4.69) is 15.6 Å². The van der Waals surface area contributed by atoms with E-state index in [1.54, 1.807) is 13.0 Å². The topological polar surface area (TPSA) is 54.0 Å². The van der Waals surface area contributed by atoms with Crippen LogP contribution in [-0.2, 0) is 0 Å². The Balaban J connectivity index is 2.20. The first-order valence-electron chi connectivity index (χ1n) is 6.48. The maximum absolute atomic E-state index is 13.2. The Bertz CT molecular complexity index is 676. The zero-order valence-corrected chi connectivity index (χ0v) is 12.5. The minimum Gasteiger partial charge on any atom is -0.369 e. The summed E-state index contributed by atoms with van der Waals surface area (Å²) in [6.07, 6.45) is 1.42. The number of pyridine rings is 1. The number of halogens is 2. The van der Waals surface area contributed by atoms with E-state index in [0.29, 0.717) is 28.6 Å². The maximum atomic E-state index is 13.2. The van der Waals surface area contributed by atoms with Crippen LogP contribution in [0.4, 0.5) is 15.9 Å². The highest BCUT2D eigenvalue weighted by Crippen LogP contribution is 2.21. The van der Waals surface area contributed by atoms with Crippen molar-refractivity contribution < 1.29 is 9.18 Å². The monoisotopic (exact) mass is 307 g/mol. The Hall–Kier alpha value is -2.14. The van der Waals surface area contributed by atoms with Gasteiger partial charge < -0.3 is 10.6 Å². The zero-order chi connectivity index (χ0) is 15.4. The summed E-state index contributed by atoms with van der Waals surface area (Å²) in [5.41, 5.74) is 1.50. The minimum atomic E-state index is -0.408. The number of anilines is 2. The molecule has 21 heavy (non-hydrogen) atoms. The highest BCUT2D eigenvalue weighted by Gasteiger charge is 2.11. The van der Waals surface area contributed by atoms with Crippen molar-refractivity contribution in [1.29, 1.82) is 0 Å². The second-order valence-corrected chi connectivity index (χ2v) is 4.91. The number of hydrogen-bond donors (Lipinski definition) is 2. The third-order valence-electron chi connectivity index (χ3n) is 2.90. The molecule has 2 rings (SSSR count). The van der Waals surface area contributed by atoms with Gasteiger partial charge in [0.05, 0.1) is 10.6 Å². The van der Waals surface area contributed by atoms with Gasteiger partial charge >= 0.3 is 0 Å². The Kier molecular flexibility index (Phi) is 4.75. The van der Waals surface area contributed by atoms with Gasteiger partial charge in [-0.15, -0.1) is 0 Å². The number of nitrogens with zero attached hydrogens (tertiary/aromatic N) is 1.